The average Bonchev–Trinajstić information content (AvgIpc) is 2.59. The van der Waals surface area contributed by atoms with E-state index in [0.717, 1.165) is 28.7 Å². The molecule has 0 aromatic heterocycles. The molecule has 23 heavy (non-hydrogen) atoms. The first-order valence-corrected chi connectivity index (χ1v) is 8.83. The van der Waals surface area contributed by atoms with Crippen LogP contribution in [0.25, 0.3) is 0 Å². The van der Waals surface area contributed by atoms with E-state index in [1.807, 2.05) is 42.5 Å². The average molecular weight is 370 g/mol. The Hall–Kier alpha value is -1.76. The van der Waals surface area contributed by atoms with Gasteiger partial charge in [-0.25, -0.2) is 0 Å². The summed E-state index contributed by atoms with van der Waals surface area (Å²) in [5.74, 6) is 7.00. The highest BCUT2D eigenvalue weighted by Crippen LogP contribution is 2.30. The van der Waals surface area contributed by atoms with E-state index in [2.05, 4.69) is 32.7 Å². The van der Waals surface area contributed by atoms with Gasteiger partial charge in [-0.3, -0.25) is 4.90 Å². The van der Waals surface area contributed by atoms with E-state index in [1.54, 1.807) is 6.07 Å². The summed E-state index contributed by atoms with van der Waals surface area (Å²) in [6.07, 6.45) is 3.67. The van der Waals surface area contributed by atoms with Crippen LogP contribution in [-0.2, 0) is 0 Å². The van der Waals surface area contributed by atoms with E-state index in [0.29, 0.717) is 5.75 Å². The van der Waals surface area contributed by atoms with Gasteiger partial charge in [0, 0.05) is 15.6 Å². The molecular weight excluding hydrogens is 350 g/mol. The summed E-state index contributed by atoms with van der Waals surface area (Å²) in [4.78, 5) is 2.38. The molecule has 1 aliphatic rings. The number of hydrogen-bond donors (Lipinski definition) is 1. The fourth-order valence-electron chi connectivity index (χ4n) is 2.97. The Balaban J connectivity index is 1.96. The van der Waals surface area contributed by atoms with Crippen LogP contribution < -0.4 is 0 Å². The van der Waals surface area contributed by atoms with Crippen molar-refractivity contribution in [3.05, 3.63) is 64.1 Å². The van der Waals surface area contributed by atoms with Gasteiger partial charge in [0.25, 0.3) is 0 Å². The summed E-state index contributed by atoms with van der Waals surface area (Å²) in [6.45, 7) is 2.06. The highest BCUT2D eigenvalue weighted by molar-refractivity contribution is 9.10. The third-order valence-corrected chi connectivity index (χ3v) is 4.90. The number of hydrogen-bond acceptors (Lipinski definition) is 2. The van der Waals surface area contributed by atoms with Gasteiger partial charge in [-0.05, 0) is 60.1 Å². The number of aromatic hydroxyl groups is 1. The molecule has 1 fully saturated rings. The Kier molecular flexibility index (Phi) is 5.38. The molecule has 1 aliphatic heterocycles. The second-order valence-electron chi connectivity index (χ2n) is 5.81. The number of piperidine rings is 1. The fraction of sp³-hybridized carbons (Fsp3) is 0.300. The van der Waals surface area contributed by atoms with Crippen LogP contribution in [0.5, 0.6) is 5.75 Å². The molecule has 1 saturated heterocycles. The van der Waals surface area contributed by atoms with Crippen molar-refractivity contribution in [1.29, 1.82) is 0 Å². The first-order chi connectivity index (χ1) is 11.3. The molecule has 0 saturated carbocycles. The molecule has 3 rings (SSSR count). The van der Waals surface area contributed by atoms with Gasteiger partial charge in [0.2, 0.25) is 0 Å². The number of phenolic OH excluding ortho intramolecular Hbond substituents is 1. The van der Waals surface area contributed by atoms with Crippen LogP contribution in [0.3, 0.4) is 0 Å². The van der Waals surface area contributed by atoms with Crippen molar-refractivity contribution in [2.45, 2.75) is 25.3 Å². The third kappa shape index (κ3) is 3.96. The molecular formula is C20H20BrNO. The summed E-state index contributed by atoms with van der Waals surface area (Å²) in [6, 6.07) is 15.5. The quantitative estimate of drug-likeness (QED) is 0.773. The lowest BCUT2D eigenvalue weighted by atomic mass is 10.0. The van der Waals surface area contributed by atoms with Gasteiger partial charge in [0.05, 0.1) is 0 Å². The van der Waals surface area contributed by atoms with Crippen LogP contribution in [0.15, 0.2) is 53.0 Å². The molecule has 1 N–H and O–H groups in total. The Bertz CT molecular complexity index is 726. The van der Waals surface area contributed by atoms with Crippen molar-refractivity contribution in [3.8, 4) is 17.6 Å². The summed E-state index contributed by atoms with van der Waals surface area (Å²) in [5, 5.41) is 10.3. The van der Waals surface area contributed by atoms with Gasteiger partial charge in [-0.1, -0.05) is 48.6 Å². The van der Waals surface area contributed by atoms with Crippen LogP contribution in [0, 0.1) is 11.8 Å². The Morgan fingerprint density at radius 1 is 0.957 bits per heavy atom. The molecule has 1 unspecified atom stereocenters. The zero-order valence-electron chi connectivity index (χ0n) is 13.0. The second kappa shape index (κ2) is 7.68. The number of nitrogens with zero attached hydrogens (tertiary/aromatic N) is 1. The SMILES string of the molecule is Oc1ccccc1C(C#Cc1ccccc1Br)N1CCCCC1. The minimum absolute atomic E-state index is 0.0661. The summed E-state index contributed by atoms with van der Waals surface area (Å²) in [7, 11) is 0. The molecule has 0 aliphatic carbocycles. The molecule has 2 aromatic rings. The van der Waals surface area contributed by atoms with Crippen LogP contribution in [0.1, 0.15) is 36.4 Å². The number of benzene rings is 2. The van der Waals surface area contributed by atoms with Crippen molar-refractivity contribution in [1.82, 2.24) is 4.90 Å². The van der Waals surface area contributed by atoms with Crippen molar-refractivity contribution in [3.63, 3.8) is 0 Å². The molecule has 3 heteroatoms. The Morgan fingerprint density at radius 2 is 1.65 bits per heavy atom. The number of para-hydroxylation sites is 1. The third-order valence-electron chi connectivity index (χ3n) is 4.20. The summed E-state index contributed by atoms with van der Waals surface area (Å²) >= 11 is 3.55. The van der Waals surface area contributed by atoms with Crippen molar-refractivity contribution in [2.75, 3.05) is 13.1 Å². The lowest BCUT2D eigenvalue weighted by Gasteiger charge is -2.32. The van der Waals surface area contributed by atoms with Crippen LogP contribution >= 0.6 is 15.9 Å². The molecule has 2 nitrogen and oxygen atoms in total. The number of rotatable bonds is 2. The van der Waals surface area contributed by atoms with E-state index in [9.17, 15) is 5.11 Å². The highest BCUT2D eigenvalue weighted by Gasteiger charge is 2.22. The van der Waals surface area contributed by atoms with Crippen LogP contribution in [-0.4, -0.2) is 23.1 Å². The summed E-state index contributed by atoms with van der Waals surface area (Å²) < 4.78 is 1.00. The maximum absolute atomic E-state index is 10.3. The fourth-order valence-corrected chi connectivity index (χ4v) is 3.35. The van der Waals surface area contributed by atoms with Crippen molar-refractivity contribution in [2.24, 2.45) is 0 Å². The molecule has 0 amide bonds. The van der Waals surface area contributed by atoms with Crippen LogP contribution in [0.2, 0.25) is 0 Å². The zero-order chi connectivity index (χ0) is 16.1. The van der Waals surface area contributed by atoms with Crippen molar-refractivity contribution >= 4 is 15.9 Å². The first-order valence-electron chi connectivity index (χ1n) is 8.04. The van der Waals surface area contributed by atoms with Gasteiger partial charge < -0.3 is 5.11 Å². The minimum Gasteiger partial charge on any atom is -0.508 e. The predicted molar refractivity (Wildman–Crippen MR) is 97.3 cm³/mol. The zero-order valence-corrected chi connectivity index (χ0v) is 14.6. The number of halogens is 1. The lowest BCUT2D eigenvalue weighted by molar-refractivity contribution is 0.195. The first kappa shape index (κ1) is 16.1. The summed E-state index contributed by atoms with van der Waals surface area (Å²) in [5.41, 5.74) is 1.87. The topological polar surface area (TPSA) is 23.5 Å². The maximum Gasteiger partial charge on any atom is 0.121 e. The van der Waals surface area contributed by atoms with Crippen molar-refractivity contribution < 1.29 is 5.11 Å². The standard InChI is InChI=1S/C20H20BrNO/c21-18-10-4-2-8-16(18)12-13-19(22-14-6-1-7-15-22)17-9-3-5-11-20(17)23/h2-5,8-11,19,23H,1,6-7,14-15H2. The largest absolute Gasteiger partial charge is 0.508 e. The number of likely N-dealkylation sites (tertiary alicyclic amines) is 1. The van der Waals surface area contributed by atoms with E-state index in [1.165, 1.54) is 19.3 Å². The molecule has 1 heterocycles. The minimum atomic E-state index is -0.0661. The van der Waals surface area contributed by atoms with Gasteiger partial charge >= 0.3 is 0 Å². The van der Waals surface area contributed by atoms with Crippen LogP contribution in [0.4, 0.5) is 0 Å². The molecule has 0 spiro atoms. The van der Waals surface area contributed by atoms with Gasteiger partial charge in [-0.2, -0.15) is 0 Å². The normalized spacial score (nSPS) is 16.4. The van der Waals surface area contributed by atoms with E-state index < -0.39 is 0 Å². The van der Waals surface area contributed by atoms with E-state index >= 15 is 0 Å². The van der Waals surface area contributed by atoms with E-state index in [-0.39, 0.29) is 6.04 Å². The van der Waals surface area contributed by atoms with Gasteiger partial charge in [0.1, 0.15) is 11.8 Å². The monoisotopic (exact) mass is 369 g/mol. The Morgan fingerprint density at radius 3 is 2.39 bits per heavy atom. The second-order valence-corrected chi connectivity index (χ2v) is 6.66. The maximum atomic E-state index is 10.3. The number of phenols is 1. The van der Waals surface area contributed by atoms with Gasteiger partial charge in [0.15, 0.2) is 0 Å². The highest BCUT2D eigenvalue weighted by atomic mass is 79.9. The lowest BCUT2D eigenvalue weighted by Crippen LogP contribution is -2.33. The molecule has 1 atom stereocenters. The van der Waals surface area contributed by atoms with E-state index in [4.69, 9.17) is 0 Å². The molecule has 0 radical (unpaired) electrons. The molecule has 118 valence electrons. The smallest absolute Gasteiger partial charge is 0.121 e. The Labute approximate surface area is 146 Å². The molecule has 2 aromatic carbocycles. The predicted octanol–water partition coefficient (Wildman–Crippen LogP) is 4.73. The molecule has 0 bridgehead atoms. The van der Waals surface area contributed by atoms with Gasteiger partial charge in [-0.15, -0.1) is 0 Å².